The number of nitrogens with two attached hydrogens (primary N) is 1. The first kappa shape index (κ1) is 54.5. The number of allylic oxidation sites excluding steroid dienone is 2. The number of phenolic OH excluding ortho intramolecular Hbond substituents is 1. The van der Waals surface area contributed by atoms with E-state index in [-0.39, 0.29) is 53.9 Å². The lowest BCUT2D eigenvalue weighted by molar-refractivity contribution is -0.137. The molecule has 2 aliphatic heterocycles. The Morgan fingerprint density at radius 1 is 0.949 bits per heavy atom. The lowest BCUT2D eigenvalue weighted by atomic mass is 9.46. The van der Waals surface area contributed by atoms with Crippen LogP contribution in [0.1, 0.15) is 150 Å². The van der Waals surface area contributed by atoms with Crippen LogP contribution in [0, 0.1) is 64.6 Å². The van der Waals surface area contributed by atoms with Gasteiger partial charge in [0.1, 0.15) is 11.2 Å². The second-order valence-corrected chi connectivity index (χ2v) is 25.1. The molecule has 0 unspecified atom stereocenters. The Labute approximate surface area is 461 Å². The van der Waals surface area contributed by atoms with Gasteiger partial charge in [0.25, 0.3) is 0 Å². The van der Waals surface area contributed by atoms with Crippen LogP contribution < -0.4 is 26.4 Å². The van der Waals surface area contributed by atoms with E-state index in [0.29, 0.717) is 104 Å². The number of hydrogen-bond acceptors (Lipinski definition) is 11. The number of methoxy groups -OCH3 is 1. The number of rotatable bonds is 16. The molecule has 12 heteroatoms. The normalized spacial score (nSPS) is 32.0. The number of carbonyl (C=O) groups is 2. The maximum Gasteiger partial charge on any atom is 0.160 e. The molecule has 1 spiro atoms. The fraction of sp³-hybridized carbons (Fsp3) is 0.576. The number of fused-ring (bicyclic) bond motifs is 5. The van der Waals surface area contributed by atoms with E-state index in [1.165, 1.54) is 23.9 Å². The number of ether oxygens (including phenoxy) is 1. The van der Waals surface area contributed by atoms with Crippen molar-refractivity contribution in [3.63, 3.8) is 0 Å². The first-order valence-electron chi connectivity index (χ1n) is 29.8. The molecule has 3 heterocycles. The van der Waals surface area contributed by atoms with Gasteiger partial charge in [-0.15, -0.1) is 0 Å². The Kier molecular flexibility index (Phi) is 15.8. The predicted molar refractivity (Wildman–Crippen MR) is 306 cm³/mol. The number of benzene rings is 3. The van der Waals surface area contributed by atoms with Crippen LogP contribution in [-0.4, -0.2) is 94.6 Å². The number of hydrogen-bond donors (Lipinski definition) is 9. The van der Waals surface area contributed by atoms with Crippen molar-refractivity contribution in [3.05, 3.63) is 118 Å². The number of aliphatic hydroxyl groups excluding tert-OH is 3. The third-order valence-corrected chi connectivity index (χ3v) is 20.6. The quantitative estimate of drug-likeness (QED) is 0.0485. The molecule has 12 nitrogen and oxygen atoms in total. The number of ketones is 2. The van der Waals surface area contributed by atoms with Crippen LogP contribution in [0.15, 0.2) is 89.9 Å². The Morgan fingerprint density at radius 2 is 1.77 bits per heavy atom. The summed E-state index contributed by atoms with van der Waals surface area (Å²) in [5.74, 6) is 9.62. The third-order valence-electron chi connectivity index (χ3n) is 20.6. The fourth-order valence-electron chi connectivity index (χ4n) is 16.8. The molecule has 16 atom stereocenters. The van der Waals surface area contributed by atoms with Crippen LogP contribution in [0.5, 0.6) is 11.5 Å². The van der Waals surface area contributed by atoms with E-state index < -0.39 is 35.6 Å². The highest BCUT2D eigenvalue weighted by molar-refractivity contribution is 5.89. The fourth-order valence-corrected chi connectivity index (χ4v) is 16.8. The van der Waals surface area contributed by atoms with E-state index in [0.717, 1.165) is 72.8 Å². The van der Waals surface area contributed by atoms with Gasteiger partial charge in [-0.2, -0.15) is 0 Å². The van der Waals surface area contributed by atoms with Crippen LogP contribution in [0.3, 0.4) is 0 Å². The van der Waals surface area contributed by atoms with E-state index in [2.05, 4.69) is 103 Å². The topological polar surface area (TPSA) is 202 Å². The lowest BCUT2D eigenvalue weighted by Crippen LogP contribution is -2.63. The Balaban J connectivity index is 0.927. The van der Waals surface area contributed by atoms with Crippen molar-refractivity contribution >= 4 is 22.3 Å². The number of piperidine rings is 1. The molecule has 0 radical (unpaired) electrons. The summed E-state index contributed by atoms with van der Waals surface area (Å²) < 4.78 is 5.63. The molecule has 4 fully saturated rings. The zero-order valence-corrected chi connectivity index (χ0v) is 46.6. The summed E-state index contributed by atoms with van der Waals surface area (Å²) in [6.45, 7) is 11.9. The lowest BCUT2D eigenvalue weighted by Gasteiger charge is -2.61. The molecule has 10 N–H and O–H groups in total. The molecule has 1 saturated heterocycles. The highest BCUT2D eigenvalue weighted by Crippen LogP contribution is 2.63. The molecule has 3 saturated carbocycles. The third kappa shape index (κ3) is 10.0. The Morgan fingerprint density at radius 3 is 2.54 bits per heavy atom. The minimum Gasteiger partial charge on any atom is -0.504 e. The average Bonchev–Trinajstić information content (AvgIpc) is 3.91. The molecule has 7 aliphatic rings. The summed E-state index contributed by atoms with van der Waals surface area (Å²) in [6, 6.07) is 20.7. The molecule has 11 rings (SSSR count). The summed E-state index contributed by atoms with van der Waals surface area (Å²) in [4.78, 5) is 32.0. The van der Waals surface area contributed by atoms with Gasteiger partial charge in [-0.1, -0.05) is 88.4 Å². The summed E-state index contributed by atoms with van der Waals surface area (Å²) in [7, 11) is 1.51. The highest BCUT2D eigenvalue weighted by Gasteiger charge is 2.60. The van der Waals surface area contributed by atoms with E-state index >= 15 is 4.79 Å². The first-order chi connectivity index (χ1) is 37.7. The van der Waals surface area contributed by atoms with Gasteiger partial charge in [0.05, 0.1) is 31.2 Å². The molecule has 3 aromatic carbocycles. The van der Waals surface area contributed by atoms with Crippen molar-refractivity contribution in [1.82, 2.24) is 20.9 Å². The van der Waals surface area contributed by atoms with Gasteiger partial charge in [-0.05, 0) is 193 Å². The minimum atomic E-state index is -1.33. The van der Waals surface area contributed by atoms with Gasteiger partial charge >= 0.3 is 0 Å². The maximum atomic E-state index is 15.1. The number of phenols is 1. The van der Waals surface area contributed by atoms with Crippen molar-refractivity contribution in [2.24, 2.45) is 58.5 Å². The monoisotopic (exact) mass is 1060 g/mol. The Bertz CT molecular complexity index is 3000. The van der Waals surface area contributed by atoms with Gasteiger partial charge in [0, 0.05) is 61.5 Å². The van der Waals surface area contributed by atoms with Crippen molar-refractivity contribution < 1.29 is 34.8 Å². The summed E-state index contributed by atoms with van der Waals surface area (Å²) in [5.41, 5.74) is 12.6. The number of Topliss-reactive ketones (excluding diaryl/α,β-unsaturated/α-hetero) is 2. The molecular formula is C66H85N5O7. The van der Waals surface area contributed by atoms with E-state index in [4.69, 9.17) is 10.5 Å². The second kappa shape index (κ2) is 22.6. The van der Waals surface area contributed by atoms with Gasteiger partial charge in [0.15, 0.2) is 17.3 Å². The number of aliphatic hydroxyl groups is 3. The number of dihydropyridines is 1. The van der Waals surface area contributed by atoms with Crippen LogP contribution in [0.2, 0.25) is 0 Å². The molecule has 0 amide bonds. The molecule has 1 aromatic heterocycles. The largest absolute Gasteiger partial charge is 0.504 e. The minimum absolute atomic E-state index is 0.0293. The second-order valence-electron chi connectivity index (χ2n) is 25.1. The smallest absolute Gasteiger partial charge is 0.160 e. The maximum absolute atomic E-state index is 15.1. The summed E-state index contributed by atoms with van der Waals surface area (Å²) in [5, 5.41) is 63.2. The number of aromatic nitrogens is 1. The molecule has 416 valence electrons. The van der Waals surface area contributed by atoms with Crippen LogP contribution in [0.25, 0.3) is 10.8 Å². The van der Waals surface area contributed by atoms with E-state index in [1.807, 2.05) is 18.2 Å². The zero-order valence-electron chi connectivity index (χ0n) is 46.6. The van der Waals surface area contributed by atoms with Gasteiger partial charge in [0.2, 0.25) is 0 Å². The molecule has 5 aliphatic carbocycles. The SMILES string of the molecule is CCNC[C@@H]1[C@@H]([C@H]2CC[C@@]3(C#C[C@H](C[C@H](O)[C@H](O)[C@H](CCC(C)C)[C@@H](C4=C(CC)CNC(N)=C4)c4ccc5ccccc5c4)c4cc(O)c(OC)cc4CCC3=O)[C@H](O)C2)C[C@H]2CN[C@H]3CC(=O)C[C@H]4c5cc[nH]c5[C@@H]1[C@@H]2[C@H]34. The van der Waals surface area contributed by atoms with Gasteiger partial charge < -0.3 is 51.8 Å². The van der Waals surface area contributed by atoms with Crippen molar-refractivity contribution in [3.8, 4) is 23.3 Å². The van der Waals surface area contributed by atoms with E-state index in [9.17, 15) is 25.2 Å². The number of aromatic hydroxyl groups is 1. The van der Waals surface area contributed by atoms with E-state index in [1.54, 1.807) is 12.1 Å². The summed E-state index contributed by atoms with van der Waals surface area (Å²) >= 11 is 0. The van der Waals surface area contributed by atoms with Crippen molar-refractivity contribution in [2.45, 2.75) is 153 Å². The van der Waals surface area contributed by atoms with Gasteiger partial charge in [-0.25, -0.2) is 0 Å². The Hall–Kier alpha value is -5.42. The molecule has 4 aromatic rings. The number of H-pyrrole nitrogens is 1. The number of nitrogens with one attached hydrogen (secondary N) is 4. The average molecular weight is 1060 g/mol. The standard InChI is InChI=1S/C66H85N5O7/c1-6-37-33-71-59(67)32-50(37)60(43-14-13-38-10-8-9-11-39(38)24-43)47(16-12-36(3)4)65(77)55(74)26-41-18-21-66(57(75)17-15-40-27-56(78-5)54(73)31-48(40)41)22-19-42(28-58(66)76)49-25-44-34-70-53-30-45(72)29-51-46-20-23-69-64(46)63(61(44)62(51)53)52(49)35-68-7-2/h8-11,13-14,20,23-24,27,31-32,36,41-42,44,47,49,51-53,55,58,60-63,65,68-71,73-74,76-77H,6-7,12,15-17,19,22,25-26,28-30,33-35,67H2,1-5H3/t41-,42+,44+,47-,49-,51+,52-,53+,55+,58-,60+,61+,62+,63+,65-,66-/m1/s1. The summed E-state index contributed by atoms with van der Waals surface area (Å²) in [6.07, 6.45) is 7.25. The highest BCUT2D eigenvalue weighted by atomic mass is 16.5. The predicted octanol–water partition coefficient (Wildman–Crippen LogP) is 9.00. The number of carbonyl (C=O) groups excluding carboxylic acids is 2. The van der Waals surface area contributed by atoms with Gasteiger partial charge in [-0.3, -0.25) is 9.59 Å². The zero-order chi connectivity index (χ0) is 54.6. The number of aryl methyl sites for hydroxylation is 1. The van der Waals surface area contributed by atoms with Crippen LogP contribution in [0.4, 0.5) is 0 Å². The van der Waals surface area contributed by atoms with Crippen LogP contribution in [-0.2, 0) is 16.0 Å². The molecular weight excluding hydrogens is 975 g/mol. The number of aromatic amines is 1. The van der Waals surface area contributed by atoms with Crippen molar-refractivity contribution in [1.29, 1.82) is 0 Å². The van der Waals surface area contributed by atoms with Crippen molar-refractivity contribution in [2.75, 3.05) is 33.3 Å². The first-order valence-corrected chi connectivity index (χ1v) is 29.8. The molecule has 78 heavy (non-hydrogen) atoms. The van der Waals surface area contributed by atoms with Crippen LogP contribution >= 0.6 is 0 Å². The molecule has 0 bridgehead atoms.